The van der Waals surface area contributed by atoms with Gasteiger partial charge in [0.05, 0.1) is 31.7 Å². The van der Waals surface area contributed by atoms with Crippen molar-refractivity contribution < 1.29 is 87.9 Å². The number of rotatable bonds is 41. The first-order valence-corrected chi connectivity index (χ1v) is 30.7. The Hall–Kier alpha value is -9.75. The predicted octanol–water partition coefficient (Wildman–Crippen LogP) is -7.52. The Morgan fingerprint density at radius 1 is 0.628 bits per heavy atom. The second-order valence-electron chi connectivity index (χ2n) is 22.6. The summed E-state index contributed by atoms with van der Waals surface area (Å²) in [5, 5.41) is 74.6. The molecule has 2 aromatic rings. The summed E-state index contributed by atoms with van der Waals surface area (Å²) >= 11 is 0. The molecule has 37 heteroatoms. The minimum absolute atomic E-state index is 0.0238. The van der Waals surface area contributed by atoms with Crippen molar-refractivity contribution in [3.8, 4) is 0 Å². The van der Waals surface area contributed by atoms with Gasteiger partial charge in [-0.15, -0.1) is 0 Å². The van der Waals surface area contributed by atoms with Gasteiger partial charge in [-0.05, 0) is 109 Å². The smallest absolute Gasteiger partial charge is 0.328 e. The molecule has 3 heterocycles. The Balaban J connectivity index is 1.50. The molecule has 2 saturated heterocycles. The Labute approximate surface area is 539 Å². The fraction of sp³-hybridized carbons (Fsp3) is 0.596. The van der Waals surface area contributed by atoms with Crippen LogP contribution in [0.5, 0.6) is 0 Å². The van der Waals surface area contributed by atoms with E-state index in [0.717, 1.165) is 6.92 Å². The van der Waals surface area contributed by atoms with Crippen LogP contribution < -0.4 is 81.8 Å². The van der Waals surface area contributed by atoms with Crippen LogP contribution in [-0.2, 0) is 68.7 Å². The summed E-state index contributed by atoms with van der Waals surface area (Å²) in [5.74, 6) is -14.8. The predicted molar refractivity (Wildman–Crippen MR) is 334 cm³/mol. The molecule has 1 aromatic carbocycles. The van der Waals surface area contributed by atoms with E-state index in [1.165, 1.54) is 4.90 Å². The summed E-state index contributed by atoms with van der Waals surface area (Å²) in [7, 11) is 0. The van der Waals surface area contributed by atoms with Gasteiger partial charge in [0.15, 0.2) is 18.0 Å². The molecule has 4 rings (SSSR count). The maximum absolute atomic E-state index is 14.7. The Morgan fingerprint density at radius 3 is 1.70 bits per heavy atom. The zero-order chi connectivity index (χ0) is 69.6. The highest BCUT2D eigenvalue weighted by atomic mass is 16.4. The van der Waals surface area contributed by atoms with Crippen LogP contribution in [0.1, 0.15) is 102 Å². The number of para-hydroxylation sites is 1. The molecule has 0 spiro atoms. The number of likely N-dealkylation sites (tertiary alicyclic amines) is 1. The Kier molecular flexibility index (Phi) is 31.8. The number of hydrogen-bond acceptors (Lipinski definition) is 19. The molecule has 10 amide bonds. The van der Waals surface area contributed by atoms with E-state index in [-0.39, 0.29) is 95.9 Å². The monoisotopic (exact) mass is 1330 g/mol. The molecule has 2 aliphatic rings. The number of H-pyrrole nitrogens is 1. The van der Waals surface area contributed by atoms with E-state index >= 15 is 0 Å². The number of amides is 10. The molecule has 2 aliphatic heterocycles. The molecule has 37 nitrogen and oxygen atoms in total. The lowest BCUT2D eigenvalue weighted by Crippen LogP contribution is -2.60. The molecule has 0 radical (unpaired) electrons. The number of fused-ring (bicyclic) bond motifs is 1. The number of aliphatic hydroxyl groups excluding tert-OH is 2. The lowest BCUT2D eigenvalue weighted by molar-refractivity contribution is -0.145. The number of aliphatic carboxylic acids is 3. The third-order valence-corrected chi connectivity index (χ3v) is 15.3. The second-order valence-corrected chi connectivity index (χ2v) is 22.6. The highest BCUT2D eigenvalue weighted by Crippen LogP contribution is 2.24. The number of carbonyl (C=O) groups excluding carboxylic acids is 10. The first-order valence-electron chi connectivity index (χ1n) is 30.7. The summed E-state index contributed by atoms with van der Waals surface area (Å²) in [4.78, 5) is 186. The molecule has 0 aliphatic carbocycles. The second kappa shape index (κ2) is 38.9. The van der Waals surface area contributed by atoms with Crippen LogP contribution in [0.2, 0.25) is 0 Å². The molecular formula is C57H89N19O18. The standard InChI is InChI=1S/C57H89N19O18/c1-29(78)45(55(93)94)75-50(88)36(15-8-22-65-57(61)62)69-47(85)34(12-4-5-19-58)70-51(89)38(25-44(82)83)73-48(86)35(14-7-21-64-56(59)60)71-52(90)40(28-77)68-42(79)27-67-53(91)41-16-9-23-76(41)54(92)39(24-30-26-66-32-11-3-2-10-31(30)32)74-49(87)37(17-18-43(80)81)72-46(84)33-13-6-20-63-33/h2-3,10-11,26,29,33-41,45,63,66,77-78H,4-9,12-25,27-28,58H2,1H3,(H,67,91)(H,68,79)(H,69,85)(H,70,89)(H,71,90)(H,72,84)(H,73,86)(H,74,87)(H,75,88)(H,80,81)(H,82,83)(H,93,94)(H4,59,60,64)(H4,61,62,65)/t29-,33+,34+,35+,36+,37+,38+,39+,40+,41+,45+/m1/s1. The molecule has 0 bridgehead atoms. The lowest BCUT2D eigenvalue weighted by Gasteiger charge is -2.30. The van der Waals surface area contributed by atoms with Crippen LogP contribution in [0.15, 0.2) is 40.4 Å². The van der Waals surface area contributed by atoms with Gasteiger partial charge >= 0.3 is 17.9 Å². The van der Waals surface area contributed by atoms with Gasteiger partial charge in [-0.3, -0.25) is 67.5 Å². The summed E-state index contributed by atoms with van der Waals surface area (Å²) in [5.41, 5.74) is 28.7. The molecule has 0 saturated carbocycles. The number of carboxylic acid groups (broad SMARTS) is 3. The number of hydrogen-bond donors (Lipinski definition) is 21. The van der Waals surface area contributed by atoms with Crippen molar-refractivity contribution in [1.82, 2.24) is 63.1 Å². The van der Waals surface area contributed by atoms with E-state index < -0.39 is 169 Å². The third-order valence-electron chi connectivity index (χ3n) is 15.3. The van der Waals surface area contributed by atoms with Gasteiger partial charge in [-0.25, -0.2) is 4.79 Å². The highest BCUT2D eigenvalue weighted by molar-refractivity contribution is 6.00. The summed E-state index contributed by atoms with van der Waals surface area (Å²) < 4.78 is 0. The average molecular weight is 1330 g/mol. The van der Waals surface area contributed by atoms with Gasteiger partial charge in [0.2, 0.25) is 59.1 Å². The van der Waals surface area contributed by atoms with Crippen LogP contribution in [-0.4, -0.2) is 237 Å². The van der Waals surface area contributed by atoms with Gasteiger partial charge < -0.3 is 117 Å². The van der Waals surface area contributed by atoms with Gasteiger partial charge in [0.1, 0.15) is 48.3 Å². The number of nitrogens with zero attached hydrogens (tertiary/aromatic N) is 3. The lowest BCUT2D eigenvalue weighted by atomic mass is 10.0. The number of aromatic amines is 1. The summed E-state index contributed by atoms with van der Waals surface area (Å²) in [6, 6.07) is -7.82. The van der Waals surface area contributed by atoms with E-state index in [2.05, 4.69) is 68.1 Å². The molecule has 26 N–H and O–H groups in total. The van der Waals surface area contributed by atoms with Crippen LogP contribution in [0, 0.1) is 0 Å². The first kappa shape index (κ1) is 76.7. The van der Waals surface area contributed by atoms with Crippen molar-refractivity contribution in [3.63, 3.8) is 0 Å². The minimum Gasteiger partial charge on any atom is -0.481 e. The minimum atomic E-state index is -1.99. The van der Waals surface area contributed by atoms with Gasteiger partial charge in [-0.1, -0.05) is 18.2 Å². The maximum Gasteiger partial charge on any atom is 0.328 e. The van der Waals surface area contributed by atoms with E-state index in [9.17, 15) is 87.9 Å². The topological polar surface area (TPSA) is 617 Å². The van der Waals surface area contributed by atoms with Crippen LogP contribution in [0.3, 0.4) is 0 Å². The zero-order valence-electron chi connectivity index (χ0n) is 52.1. The van der Waals surface area contributed by atoms with Crippen molar-refractivity contribution in [3.05, 3.63) is 36.0 Å². The SMILES string of the molecule is C[C@@H](O)[C@H](NC(=O)[C@H](CCCN=C(N)N)NC(=O)[C@H](CCCCN)NC(=O)[C@H](CC(=O)O)NC(=O)[C@H](CCCN=C(N)N)NC(=O)[C@H](CO)NC(=O)CNC(=O)[C@@H]1CCCN1C(=O)[C@H](Cc1c[nH]c2ccccc12)NC(=O)[C@H](CCC(=O)O)NC(=O)[C@@H]1CCCN1)C(=O)O. The van der Waals surface area contributed by atoms with E-state index in [0.29, 0.717) is 48.7 Å². The largest absolute Gasteiger partial charge is 0.481 e. The summed E-state index contributed by atoms with van der Waals surface area (Å²) in [6.07, 6.45) is -0.621. The Bertz CT molecular complexity index is 3040. The number of guanidine groups is 2. The average Bonchev–Trinajstić information content (AvgIpc) is 1.63. The van der Waals surface area contributed by atoms with E-state index in [1.807, 2.05) is 0 Å². The van der Waals surface area contributed by atoms with Crippen LogP contribution in [0.4, 0.5) is 0 Å². The van der Waals surface area contributed by atoms with Crippen molar-refractivity contribution in [2.24, 2.45) is 38.7 Å². The molecule has 0 unspecified atom stereocenters. The van der Waals surface area contributed by atoms with Gasteiger partial charge in [-0.2, -0.15) is 0 Å². The number of nitrogens with one attached hydrogen (secondary N) is 11. The molecule has 520 valence electrons. The first-order chi connectivity index (χ1) is 44.6. The van der Waals surface area contributed by atoms with Crippen molar-refractivity contribution >= 4 is 99.8 Å². The number of aromatic nitrogens is 1. The number of carbonyl (C=O) groups is 13. The molecule has 2 fully saturated rings. The number of benzene rings is 1. The van der Waals surface area contributed by atoms with Crippen LogP contribution >= 0.6 is 0 Å². The maximum atomic E-state index is 14.7. The fourth-order valence-corrected chi connectivity index (χ4v) is 10.4. The number of carboxylic acids is 3. The third kappa shape index (κ3) is 25.4. The zero-order valence-corrected chi connectivity index (χ0v) is 52.1. The van der Waals surface area contributed by atoms with Crippen LogP contribution in [0.25, 0.3) is 10.9 Å². The van der Waals surface area contributed by atoms with Crippen molar-refractivity contribution in [1.29, 1.82) is 0 Å². The number of aliphatic imine (C=N–C) groups is 2. The Morgan fingerprint density at radius 2 is 1.17 bits per heavy atom. The molecule has 1 aromatic heterocycles. The number of nitrogens with two attached hydrogens (primary N) is 5. The highest BCUT2D eigenvalue weighted by Gasteiger charge is 2.40. The molecule has 94 heavy (non-hydrogen) atoms. The van der Waals surface area contributed by atoms with E-state index in [4.69, 9.17) is 28.7 Å². The van der Waals surface area contributed by atoms with Gasteiger partial charge in [0.25, 0.3) is 0 Å². The quantitative estimate of drug-likeness (QED) is 0.0167. The fourth-order valence-electron chi connectivity index (χ4n) is 10.4. The number of aliphatic hydroxyl groups is 2. The summed E-state index contributed by atoms with van der Waals surface area (Å²) in [6.45, 7) is -0.281. The van der Waals surface area contributed by atoms with Gasteiger partial charge in [0, 0.05) is 49.6 Å². The molecule has 11 atom stereocenters. The van der Waals surface area contributed by atoms with Crippen molar-refractivity contribution in [2.45, 2.75) is 170 Å². The number of unbranched alkanes of at least 4 members (excludes halogenated alkanes) is 1. The van der Waals surface area contributed by atoms with Crippen molar-refractivity contribution in [2.75, 3.05) is 45.9 Å². The van der Waals surface area contributed by atoms with E-state index in [1.54, 1.807) is 30.5 Å². The normalized spacial score (nSPS) is 17.1. The molecular weight excluding hydrogens is 1240 g/mol.